The van der Waals surface area contributed by atoms with Crippen molar-refractivity contribution in [3.63, 3.8) is 0 Å². The van der Waals surface area contributed by atoms with E-state index >= 15 is 0 Å². The summed E-state index contributed by atoms with van der Waals surface area (Å²) in [6, 6.07) is 0. The van der Waals surface area contributed by atoms with E-state index in [2.05, 4.69) is 13.8 Å². The van der Waals surface area contributed by atoms with E-state index in [1.807, 2.05) is 6.92 Å². The van der Waals surface area contributed by atoms with Crippen LogP contribution in [-0.4, -0.2) is 35.5 Å². The van der Waals surface area contributed by atoms with Crippen LogP contribution in [0, 0.1) is 5.41 Å². The number of carboxylic acid groups (broad SMARTS) is 1. The van der Waals surface area contributed by atoms with Crippen LogP contribution < -0.4 is 0 Å². The molecule has 4 nitrogen and oxygen atoms in total. The van der Waals surface area contributed by atoms with Crippen LogP contribution in [0.25, 0.3) is 0 Å². The zero-order chi connectivity index (χ0) is 22.4. The molecular weight excluding hydrogens is 374 g/mol. The monoisotopic (exact) mass is 421 g/mol. The van der Waals surface area contributed by atoms with E-state index in [0.717, 1.165) is 37.7 Å². The Balaban J connectivity index is 1.91. The number of nitrogens with zero attached hydrogens (tertiary/aromatic N) is 1. The molecule has 0 radical (unpaired) electrons. The number of ketones is 1. The number of unbranched alkanes of at least 4 members (excludes halogenated alkanes) is 12. The molecule has 0 fully saturated rings. The van der Waals surface area contributed by atoms with Crippen LogP contribution >= 0.6 is 0 Å². The van der Waals surface area contributed by atoms with Gasteiger partial charge in [0, 0.05) is 20.0 Å². The molecule has 0 bridgehead atoms. The first-order valence-corrected chi connectivity index (χ1v) is 12.4. The Morgan fingerprint density at radius 3 is 1.77 bits per heavy atom. The van der Waals surface area contributed by atoms with E-state index in [-0.39, 0.29) is 5.41 Å². The van der Waals surface area contributed by atoms with Crippen LogP contribution in [0.1, 0.15) is 124 Å². The van der Waals surface area contributed by atoms with E-state index < -0.39 is 6.09 Å². The van der Waals surface area contributed by atoms with E-state index in [1.165, 1.54) is 81.1 Å². The minimum absolute atomic E-state index is 0.215. The number of rotatable bonds is 16. The van der Waals surface area contributed by atoms with Gasteiger partial charge >= 0.3 is 6.09 Å². The number of amides is 1. The lowest BCUT2D eigenvalue weighted by Crippen LogP contribution is -2.25. The molecule has 0 unspecified atom stereocenters. The summed E-state index contributed by atoms with van der Waals surface area (Å²) in [4.78, 5) is 24.1. The summed E-state index contributed by atoms with van der Waals surface area (Å²) in [6.07, 6.45) is 18.6. The highest BCUT2D eigenvalue weighted by molar-refractivity contribution is 5.96. The smallest absolute Gasteiger partial charge is 0.407 e. The van der Waals surface area contributed by atoms with Gasteiger partial charge in [0.25, 0.3) is 0 Å². The molecule has 1 aliphatic carbocycles. The molecule has 0 heterocycles. The standard InChI is InChI=1S/C26H47NO3/c1-22-23(26(2,3)20-19-24(22)28)18-16-14-12-10-8-6-5-7-9-11-13-15-17-21-27(4)25(29)30/h5-21H2,1-4H3,(H,29,30). The van der Waals surface area contributed by atoms with Gasteiger partial charge in [0.05, 0.1) is 0 Å². The maximum absolute atomic E-state index is 12.0. The average Bonchev–Trinajstić information content (AvgIpc) is 2.69. The second kappa shape index (κ2) is 14.6. The van der Waals surface area contributed by atoms with Gasteiger partial charge in [-0.25, -0.2) is 4.79 Å². The highest BCUT2D eigenvalue weighted by Gasteiger charge is 2.31. The zero-order valence-electron chi connectivity index (χ0n) is 20.2. The molecular formula is C26H47NO3. The Bertz CT molecular complexity index is 550. The second-order valence-electron chi connectivity index (χ2n) is 9.96. The van der Waals surface area contributed by atoms with Crippen molar-refractivity contribution in [2.45, 2.75) is 124 Å². The molecule has 0 saturated heterocycles. The molecule has 30 heavy (non-hydrogen) atoms. The first-order chi connectivity index (χ1) is 14.3. The summed E-state index contributed by atoms with van der Waals surface area (Å²) in [7, 11) is 1.64. The molecule has 1 N–H and O–H groups in total. The fraction of sp³-hybridized carbons (Fsp3) is 0.846. The lowest BCUT2D eigenvalue weighted by molar-refractivity contribution is -0.116. The van der Waals surface area contributed by atoms with Crippen molar-refractivity contribution in [1.82, 2.24) is 4.90 Å². The van der Waals surface area contributed by atoms with Crippen LogP contribution in [0.4, 0.5) is 4.79 Å². The molecule has 1 aliphatic rings. The fourth-order valence-electron chi connectivity index (χ4n) is 4.66. The first-order valence-electron chi connectivity index (χ1n) is 12.4. The number of carbonyl (C=O) groups is 2. The summed E-state index contributed by atoms with van der Waals surface area (Å²) in [5, 5.41) is 8.79. The predicted octanol–water partition coefficient (Wildman–Crippen LogP) is 7.76. The molecule has 0 aromatic heterocycles. The molecule has 1 rings (SSSR count). The number of hydrogen-bond acceptors (Lipinski definition) is 2. The van der Waals surface area contributed by atoms with Crippen molar-refractivity contribution in [1.29, 1.82) is 0 Å². The van der Waals surface area contributed by atoms with Crippen molar-refractivity contribution >= 4 is 11.9 Å². The number of Topliss-reactive ketones (excluding diaryl/α,β-unsaturated/α-hetero) is 1. The van der Waals surface area contributed by atoms with Crippen molar-refractivity contribution in [2.24, 2.45) is 5.41 Å². The Morgan fingerprint density at radius 2 is 1.30 bits per heavy atom. The minimum atomic E-state index is -0.827. The highest BCUT2D eigenvalue weighted by Crippen LogP contribution is 2.41. The van der Waals surface area contributed by atoms with Crippen molar-refractivity contribution in [2.75, 3.05) is 13.6 Å². The van der Waals surface area contributed by atoms with E-state index in [1.54, 1.807) is 7.05 Å². The van der Waals surface area contributed by atoms with Gasteiger partial charge in [0.2, 0.25) is 0 Å². The minimum Gasteiger partial charge on any atom is -0.465 e. The van der Waals surface area contributed by atoms with Crippen LogP contribution in [0.15, 0.2) is 11.1 Å². The number of hydrogen-bond donors (Lipinski definition) is 1. The van der Waals surface area contributed by atoms with E-state index in [4.69, 9.17) is 5.11 Å². The van der Waals surface area contributed by atoms with E-state index in [0.29, 0.717) is 12.3 Å². The molecule has 1 amide bonds. The second-order valence-corrected chi connectivity index (χ2v) is 9.96. The molecule has 0 aromatic carbocycles. The van der Waals surface area contributed by atoms with Crippen LogP contribution in [0.5, 0.6) is 0 Å². The molecule has 0 atom stereocenters. The number of carbonyl (C=O) groups excluding carboxylic acids is 1. The third kappa shape index (κ3) is 10.6. The van der Waals surface area contributed by atoms with Gasteiger partial charge in [-0.05, 0) is 43.6 Å². The Labute approximate surface area is 185 Å². The maximum Gasteiger partial charge on any atom is 0.407 e. The molecule has 174 valence electrons. The highest BCUT2D eigenvalue weighted by atomic mass is 16.4. The largest absolute Gasteiger partial charge is 0.465 e. The summed E-state index contributed by atoms with van der Waals surface area (Å²) in [5.74, 6) is 0.370. The molecule has 0 aliphatic heterocycles. The lowest BCUT2D eigenvalue weighted by Gasteiger charge is -2.34. The van der Waals surface area contributed by atoms with Crippen molar-refractivity contribution in [3.8, 4) is 0 Å². The van der Waals surface area contributed by atoms with Gasteiger partial charge in [-0.2, -0.15) is 0 Å². The normalized spacial score (nSPS) is 16.2. The van der Waals surface area contributed by atoms with E-state index in [9.17, 15) is 9.59 Å². The van der Waals surface area contributed by atoms with Crippen LogP contribution in [0.2, 0.25) is 0 Å². The lowest BCUT2D eigenvalue weighted by atomic mass is 9.70. The van der Waals surface area contributed by atoms with Crippen molar-refractivity contribution < 1.29 is 14.7 Å². The quantitative estimate of drug-likeness (QED) is 0.259. The number of allylic oxidation sites excluding steroid dienone is 2. The van der Waals surface area contributed by atoms with Gasteiger partial charge < -0.3 is 10.0 Å². The fourth-order valence-corrected chi connectivity index (χ4v) is 4.66. The van der Waals surface area contributed by atoms with Crippen LogP contribution in [-0.2, 0) is 4.79 Å². The van der Waals surface area contributed by atoms with Gasteiger partial charge in [-0.1, -0.05) is 90.0 Å². The van der Waals surface area contributed by atoms with Gasteiger partial charge in [0.15, 0.2) is 5.78 Å². The van der Waals surface area contributed by atoms with Crippen LogP contribution in [0.3, 0.4) is 0 Å². The molecule has 4 heteroatoms. The third-order valence-corrected chi connectivity index (χ3v) is 6.91. The topological polar surface area (TPSA) is 57.6 Å². The van der Waals surface area contributed by atoms with Crippen molar-refractivity contribution in [3.05, 3.63) is 11.1 Å². The average molecular weight is 422 g/mol. The third-order valence-electron chi connectivity index (χ3n) is 6.91. The summed E-state index contributed by atoms with van der Waals surface area (Å²) in [5.41, 5.74) is 2.69. The summed E-state index contributed by atoms with van der Waals surface area (Å²) >= 11 is 0. The zero-order valence-corrected chi connectivity index (χ0v) is 20.2. The Hall–Kier alpha value is -1.32. The Kier molecular flexibility index (Phi) is 13.0. The Morgan fingerprint density at radius 1 is 0.867 bits per heavy atom. The maximum atomic E-state index is 12.0. The first kappa shape index (κ1) is 26.7. The van der Waals surface area contributed by atoms with Gasteiger partial charge in [-0.3, -0.25) is 4.79 Å². The predicted molar refractivity (Wildman–Crippen MR) is 126 cm³/mol. The molecule has 0 aromatic rings. The summed E-state index contributed by atoms with van der Waals surface area (Å²) in [6.45, 7) is 7.30. The van der Waals surface area contributed by atoms with Gasteiger partial charge in [-0.15, -0.1) is 0 Å². The molecule has 0 saturated carbocycles. The van der Waals surface area contributed by atoms with Gasteiger partial charge in [0.1, 0.15) is 0 Å². The SMILES string of the molecule is CC1=C(CCCCCCCCCCCCCCCN(C)C(=O)O)C(C)(C)CCC1=O. The summed E-state index contributed by atoms with van der Waals surface area (Å²) < 4.78 is 0. The molecule has 0 spiro atoms.